The second-order valence-electron chi connectivity index (χ2n) is 3.25. The molecule has 0 spiro atoms. The third kappa shape index (κ3) is 1.99. The minimum absolute atomic E-state index is 0.000494. The summed E-state index contributed by atoms with van der Waals surface area (Å²) in [5.74, 6) is -0.713. The van der Waals surface area contributed by atoms with Gasteiger partial charge in [0.15, 0.2) is 11.2 Å². The summed E-state index contributed by atoms with van der Waals surface area (Å²) in [6.07, 6.45) is 0. The van der Waals surface area contributed by atoms with E-state index in [-0.39, 0.29) is 26.0 Å². The van der Waals surface area contributed by atoms with Crippen molar-refractivity contribution < 1.29 is 5.11 Å². The molecule has 0 aliphatic carbocycles. The van der Waals surface area contributed by atoms with Gasteiger partial charge in [0.2, 0.25) is 0 Å². The van der Waals surface area contributed by atoms with E-state index in [9.17, 15) is 14.7 Å². The number of benzene rings is 1. The number of aromatic nitrogens is 1. The second-order valence-corrected chi connectivity index (χ2v) is 4.44. The van der Waals surface area contributed by atoms with E-state index in [0.29, 0.717) is 0 Å². The van der Waals surface area contributed by atoms with E-state index in [0.717, 1.165) is 6.07 Å². The first-order chi connectivity index (χ1) is 7.91. The lowest BCUT2D eigenvalue weighted by Crippen LogP contribution is -2.00. The monoisotopic (exact) mass is 291 g/mol. The predicted octanol–water partition coefficient (Wildman–Crippen LogP) is 2.55. The number of hydrogen-bond acceptors (Lipinski definition) is 3. The fraction of sp³-hybridized carbons (Fsp3) is 0. The molecule has 1 heterocycles. The standard InChI is InChI=1S/C10H4Cl3NO3/c11-3-1-4(12)8(13)9-7(3)5(15)2-6(16)10(17)14-9/h1-2,16H,(H,14,17). The molecule has 0 saturated heterocycles. The van der Waals surface area contributed by atoms with Gasteiger partial charge >= 0.3 is 0 Å². The van der Waals surface area contributed by atoms with Crippen LogP contribution in [0.25, 0.3) is 10.9 Å². The molecule has 7 heteroatoms. The summed E-state index contributed by atoms with van der Waals surface area (Å²) in [5.41, 5.74) is -1.48. The van der Waals surface area contributed by atoms with Gasteiger partial charge in [-0.15, -0.1) is 0 Å². The van der Waals surface area contributed by atoms with Gasteiger partial charge in [-0.25, -0.2) is 0 Å². The van der Waals surface area contributed by atoms with E-state index in [2.05, 4.69) is 4.98 Å². The number of fused-ring (bicyclic) bond motifs is 1. The minimum atomic E-state index is -0.850. The molecular formula is C10H4Cl3NO3. The fourth-order valence-corrected chi connectivity index (χ4v) is 2.15. The van der Waals surface area contributed by atoms with Gasteiger partial charge in [-0.3, -0.25) is 9.59 Å². The number of hydrogen-bond donors (Lipinski definition) is 2. The van der Waals surface area contributed by atoms with Crippen molar-refractivity contribution in [3.63, 3.8) is 0 Å². The van der Waals surface area contributed by atoms with Crippen LogP contribution in [0.4, 0.5) is 0 Å². The van der Waals surface area contributed by atoms with Gasteiger partial charge in [-0.1, -0.05) is 34.8 Å². The van der Waals surface area contributed by atoms with E-state index in [4.69, 9.17) is 34.8 Å². The third-order valence-corrected chi connectivity index (χ3v) is 3.24. The largest absolute Gasteiger partial charge is 0.503 e. The number of H-pyrrole nitrogens is 1. The van der Waals surface area contributed by atoms with Crippen molar-refractivity contribution in [3.8, 4) is 5.75 Å². The van der Waals surface area contributed by atoms with Crippen LogP contribution in [0.2, 0.25) is 15.1 Å². The number of aromatic amines is 1. The molecule has 0 saturated carbocycles. The molecule has 1 aromatic heterocycles. The molecule has 0 fully saturated rings. The van der Waals surface area contributed by atoms with Gasteiger partial charge in [0, 0.05) is 6.07 Å². The van der Waals surface area contributed by atoms with E-state index < -0.39 is 16.7 Å². The Labute approximate surface area is 109 Å². The van der Waals surface area contributed by atoms with Gasteiger partial charge in [0.25, 0.3) is 5.56 Å². The van der Waals surface area contributed by atoms with E-state index >= 15 is 0 Å². The molecule has 1 aromatic carbocycles. The highest BCUT2D eigenvalue weighted by Gasteiger charge is 2.12. The first-order valence-electron chi connectivity index (χ1n) is 4.35. The normalized spacial score (nSPS) is 10.8. The Bertz CT molecular complexity index is 739. The zero-order valence-electron chi connectivity index (χ0n) is 8.05. The van der Waals surface area contributed by atoms with Crippen molar-refractivity contribution in [1.82, 2.24) is 4.98 Å². The highest BCUT2D eigenvalue weighted by molar-refractivity contribution is 6.47. The zero-order valence-corrected chi connectivity index (χ0v) is 10.3. The Morgan fingerprint density at radius 2 is 1.71 bits per heavy atom. The number of aromatic hydroxyl groups is 1. The molecule has 17 heavy (non-hydrogen) atoms. The highest BCUT2D eigenvalue weighted by atomic mass is 35.5. The molecule has 0 aliphatic rings. The van der Waals surface area contributed by atoms with Gasteiger partial charge in [-0.2, -0.15) is 0 Å². The Morgan fingerprint density at radius 3 is 2.35 bits per heavy atom. The number of rotatable bonds is 0. The van der Waals surface area contributed by atoms with Gasteiger partial charge < -0.3 is 10.1 Å². The Balaban J connectivity index is 3.24. The van der Waals surface area contributed by atoms with Crippen LogP contribution in [0.1, 0.15) is 0 Å². The number of halogens is 3. The molecule has 4 nitrogen and oxygen atoms in total. The first-order valence-corrected chi connectivity index (χ1v) is 5.49. The molecule has 0 amide bonds. The average molecular weight is 293 g/mol. The molecule has 2 N–H and O–H groups in total. The van der Waals surface area contributed by atoms with Crippen molar-refractivity contribution in [3.05, 3.63) is 47.8 Å². The predicted molar refractivity (Wildman–Crippen MR) is 67.5 cm³/mol. The summed E-state index contributed by atoms with van der Waals surface area (Å²) in [4.78, 5) is 25.4. The molecule has 0 radical (unpaired) electrons. The fourth-order valence-electron chi connectivity index (χ4n) is 1.39. The Kier molecular flexibility index (Phi) is 3.03. The van der Waals surface area contributed by atoms with Crippen LogP contribution in [0.15, 0.2) is 21.7 Å². The van der Waals surface area contributed by atoms with Crippen molar-refractivity contribution in [2.45, 2.75) is 0 Å². The Hall–Kier alpha value is -1.23. The molecule has 2 rings (SSSR count). The maximum absolute atomic E-state index is 11.7. The molecule has 0 unspecified atom stereocenters. The summed E-state index contributed by atoms with van der Waals surface area (Å²) in [6, 6.07) is 2.07. The SMILES string of the molecule is O=c1[nH]c2c(Cl)c(Cl)cc(Cl)c2c(=O)cc1O. The average Bonchev–Trinajstić information content (AvgIpc) is 2.34. The molecule has 2 aromatic rings. The maximum Gasteiger partial charge on any atom is 0.290 e. The molecule has 88 valence electrons. The molecular weight excluding hydrogens is 288 g/mol. The van der Waals surface area contributed by atoms with Crippen LogP contribution in [-0.4, -0.2) is 10.1 Å². The summed E-state index contributed by atoms with van der Waals surface area (Å²) in [6.45, 7) is 0. The smallest absolute Gasteiger partial charge is 0.290 e. The summed E-state index contributed by atoms with van der Waals surface area (Å²) in [7, 11) is 0. The van der Waals surface area contributed by atoms with Gasteiger partial charge in [0.05, 0.1) is 26.0 Å². The van der Waals surface area contributed by atoms with Gasteiger partial charge in [0.1, 0.15) is 0 Å². The highest BCUT2D eigenvalue weighted by Crippen LogP contribution is 2.32. The van der Waals surface area contributed by atoms with E-state index in [1.165, 1.54) is 6.07 Å². The summed E-state index contributed by atoms with van der Waals surface area (Å²) < 4.78 is 0. The van der Waals surface area contributed by atoms with Crippen molar-refractivity contribution >= 4 is 45.7 Å². The Morgan fingerprint density at radius 1 is 1.06 bits per heavy atom. The van der Waals surface area contributed by atoms with E-state index in [1.54, 1.807) is 0 Å². The van der Waals surface area contributed by atoms with Crippen LogP contribution >= 0.6 is 34.8 Å². The summed E-state index contributed by atoms with van der Waals surface area (Å²) in [5, 5.41) is 9.40. The molecule has 0 bridgehead atoms. The second kappa shape index (κ2) is 4.22. The topological polar surface area (TPSA) is 70.2 Å². The molecule has 0 atom stereocenters. The summed E-state index contributed by atoms with van der Waals surface area (Å²) >= 11 is 17.5. The lowest BCUT2D eigenvalue weighted by molar-refractivity contribution is 0.468. The zero-order chi connectivity index (χ0) is 12.7. The van der Waals surface area contributed by atoms with E-state index in [1.807, 2.05) is 0 Å². The maximum atomic E-state index is 11.7. The van der Waals surface area contributed by atoms with Crippen molar-refractivity contribution in [2.24, 2.45) is 0 Å². The lowest BCUT2D eigenvalue weighted by Gasteiger charge is -2.00. The van der Waals surface area contributed by atoms with Crippen LogP contribution < -0.4 is 11.0 Å². The minimum Gasteiger partial charge on any atom is -0.503 e. The van der Waals surface area contributed by atoms with Crippen molar-refractivity contribution in [2.75, 3.05) is 0 Å². The number of nitrogens with one attached hydrogen (secondary N) is 1. The first kappa shape index (κ1) is 12.2. The molecule has 0 aliphatic heterocycles. The lowest BCUT2D eigenvalue weighted by atomic mass is 10.2. The third-order valence-electron chi connectivity index (χ3n) is 2.16. The van der Waals surface area contributed by atoms with Crippen LogP contribution in [0.3, 0.4) is 0 Å². The van der Waals surface area contributed by atoms with Crippen molar-refractivity contribution in [1.29, 1.82) is 0 Å². The van der Waals surface area contributed by atoms with Crippen LogP contribution in [0.5, 0.6) is 5.75 Å². The van der Waals surface area contributed by atoms with Crippen LogP contribution in [-0.2, 0) is 0 Å². The van der Waals surface area contributed by atoms with Crippen LogP contribution in [0, 0.1) is 0 Å². The van der Waals surface area contributed by atoms with Gasteiger partial charge in [-0.05, 0) is 6.07 Å². The quantitative estimate of drug-likeness (QED) is 0.733.